The van der Waals surface area contributed by atoms with Crippen molar-refractivity contribution in [1.29, 1.82) is 0 Å². The van der Waals surface area contributed by atoms with Gasteiger partial charge >= 0.3 is 0 Å². The number of halogens is 2. The first-order valence-corrected chi connectivity index (χ1v) is 9.11. The number of benzene rings is 1. The van der Waals surface area contributed by atoms with Gasteiger partial charge < -0.3 is 15.5 Å². The quantitative estimate of drug-likeness (QED) is 0.648. The van der Waals surface area contributed by atoms with E-state index in [1.54, 1.807) is 11.3 Å². The fourth-order valence-electron chi connectivity index (χ4n) is 2.21. The Bertz CT molecular complexity index is 725. The zero-order chi connectivity index (χ0) is 18.2. The average Bonchev–Trinajstić information content (AvgIpc) is 3.09. The van der Waals surface area contributed by atoms with Crippen LogP contribution in [0.25, 0.3) is 0 Å². The van der Waals surface area contributed by atoms with Crippen LogP contribution in [0.1, 0.15) is 11.8 Å². The molecule has 25 heavy (non-hydrogen) atoms. The number of carbonyl (C=O) groups is 2. The Morgan fingerprint density at radius 3 is 2.64 bits per heavy atom. The molecule has 1 aromatic heterocycles. The highest BCUT2D eigenvalue weighted by molar-refractivity contribution is 7.09. The lowest BCUT2D eigenvalue weighted by molar-refractivity contribution is -0.881. The molecule has 0 aliphatic rings. The number of hydrogen-bond acceptors (Lipinski definition) is 3. The van der Waals surface area contributed by atoms with E-state index < -0.39 is 5.82 Å². The SMILES string of the molecule is CC[NH+](CC(=O)NCc1cccs1)CC(=O)Nc1ccc(F)c(Cl)c1. The Labute approximate surface area is 154 Å². The fraction of sp³-hybridized carbons (Fsp3) is 0.294. The monoisotopic (exact) mass is 384 g/mol. The summed E-state index contributed by atoms with van der Waals surface area (Å²) in [5, 5.41) is 7.41. The molecule has 0 saturated heterocycles. The molecule has 0 aliphatic carbocycles. The molecule has 8 heteroatoms. The summed E-state index contributed by atoms with van der Waals surface area (Å²) in [5.41, 5.74) is 0.425. The van der Waals surface area contributed by atoms with E-state index in [1.165, 1.54) is 18.2 Å². The maximum absolute atomic E-state index is 13.1. The van der Waals surface area contributed by atoms with Crippen LogP contribution in [-0.4, -0.2) is 31.4 Å². The van der Waals surface area contributed by atoms with Gasteiger partial charge in [-0.3, -0.25) is 9.59 Å². The van der Waals surface area contributed by atoms with Crippen molar-refractivity contribution in [3.8, 4) is 0 Å². The number of quaternary nitrogens is 1. The average molecular weight is 385 g/mol. The van der Waals surface area contributed by atoms with Crippen molar-refractivity contribution in [2.75, 3.05) is 25.0 Å². The molecule has 2 aromatic rings. The fourth-order valence-corrected chi connectivity index (χ4v) is 3.03. The van der Waals surface area contributed by atoms with Crippen molar-refractivity contribution in [1.82, 2.24) is 5.32 Å². The van der Waals surface area contributed by atoms with E-state index in [0.29, 0.717) is 18.8 Å². The number of thiophene rings is 1. The summed E-state index contributed by atoms with van der Waals surface area (Å²) in [6.45, 7) is 3.37. The second-order valence-corrected chi connectivity index (χ2v) is 6.93. The highest BCUT2D eigenvalue weighted by Crippen LogP contribution is 2.19. The van der Waals surface area contributed by atoms with Gasteiger partial charge in [-0.05, 0) is 36.6 Å². The predicted molar refractivity (Wildman–Crippen MR) is 97.4 cm³/mol. The molecule has 5 nitrogen and oxygen atoms in total. The summed E-state index contributed by atoms with van der Waals surface area (Å²) in [6, 6.07) is 7.88. The minimum Gasteiger partial charge on any atom is -0.346 e. The number of amides is 2. The van der Waals surface area contributed by atoms with Gasteiger partial charge in [0.05, 0.1) is 18.1 Å². The molecular weight excluding hydrogens is 365 g/mol. The van der Waals surface area contributed by atoms with Crippen LogP contribution >= 0.6 is 22.9 Å². The molecule has 1 aromatic carbocycles. The molecule has 0 aliphatic heterocycles. The lowest BCUT2D eigenvalue weighted by atomic mass is 10.3. The Balaban J connectivity index is 1.80. The second kappa shape index (κ2) is 9.50. The van der Waals surface area contributed by atoms with Crippen LogP contribution in [0.3, 0.4) is 0 Å². The molecule has 0 radical (unpaired) electrons. The third-order valence-electron chi connectivity index (χ3n) is 3.56. The van der Waals surface area contributed by atoms with E-state index >= 15 is 0 Å². The summed E-state index contributed by atoms with van der Waals surface area (Å²) in [6.07, 6.45) is 0. The van der Waals surface area contributed by atoms with Gasteiger partial charge in [-0.15, -0.1) is 11.3 Å². The number of hydrogen-bond donors (Lipinski definition) is 3. The molecule has 1 heterocycles. The topological polar surface area (TPSA) is 62.6 Å². The Morgan fingerprint density at radius 1 is 1.24 bits per heavy atom. The van der Waals surface area contributed by atoms with E-state index in [4.69, 9.17) is 11.6 Å². The normalized spacial score (nSPS) is 11.8. The van der Waals surface area contributed by atoms with Crippen LogP contribution in [0.2, 0.25) is 5.02 Å². The molecule has 0 bridgehead atoms. The molecule has 0 fully saturated rings. The van der Waals surface area contributed by atoms with Gasteiger partial charge in [0.25, 0.3) is 11.8 Å². The minimum atomic E-state index is -0.539. The van der Waals surface area contributed by atoms with Gasteiger partial charge in [0, 0.05) is 10.6 Å². The molecule has 134 valence electrons. The Morgan fingerprint density at radius 2 is 2.00 bits per heavy atom. The van der Waals surface area contributed by atoms with E-state index in [1.807, 2.05) is 24.4 Å². The number of anilines is 1. The Kier molecular flexibility index (Phi) is 7.36. The van der Waals surface area contributed by atoms with Gasteiger partial charge in [0.1, 0.15) is 5.82 Å². The van der Waals surface area contributed by atoms with Crippen LogP contribution in [0.4, 0.5) is 10.1 Å². The molecule has 0 spiro atoms. The van der Waals surface area contributed by atoms with Gasteiger partial charge in [0.2, 0.25) is 0 Å². The van der Waals surface area contributed by atoms with Crippen molar-refractivity contribution in [3.05, 3.63) is 51.4 Å². The Hall–Kier alpha value is -1.96. The maximum atomic E-state index is 13.1. The molecule has 2 amide bonds. The van der Waals surface area contributed by atoms with Crippen LogP contribution < -0.4 is 15.5 Å². The third-order valence-corrected chi connectivity index (χ3v) is 4.73. The highest BCUT2D eigenvalue weighted by atomic mass is 35.5. The largest absolute Gasteiger partial charge is 0.346 e. The van der Waals surface area contributed by atoms with E-state index in [0.717, 1.165) is 9.78 Å². The number of carbonyl (C=O) groups excluding carboxylic acids is 2. The highest BCUT2D eigenvalue weighted by Gasteiger charge is 2.17. The molecule has 1 unspecified atom stereocenters. The first-order valence-electron chi connectivity index (χ1n) is 7.85. The smallest absolute Gasteiger partial charge is 0.279 e. The minimum absolute atomic E-state index is 0.0505. The summed E-state index contributed by atoms with van der Waals surface area (Å²) < 4.78 is 13.1. The predicted octanol–water partition coefficient (Wildman–Crippen LogP) is 1.70. The lowest BCUT2D eigenvalue weighted by Gasteiger charge is -2.17. The van der Waals surface area contributed by atoms with E-state index in [-0.39, 0.29) is 29.9 Å². The van der Waals surface area contributed by atoms with Crippen molar-refractivity contribution in [2.45, 2.75) is 13.5 Å². The van der Waals surface area contributed by atoms with Gasteiger partial charge in [-0.2, -0.15) is 0 Å². The maximum Gasteiger partial charge on any atom is 0.279 e. The molecule has 1 atom stereocenters. The zero-order valence-corrected chi connectivity index (χ0v) is 15.3. The standard InChI is InChI=1S/C17H19ClFN3O2S/c1-2-22(10-16(23)20-9-13-4-3-7-25-13)11-17(24)21-12-5-6-15(19)14(18)8-12/h3-8H,2,9-11H2,1H3,(H,20,23)(H,21,24)/p+1. The van der Waals surface area contributed by atoms with Crippen molar-refractivity contribution < 1.29 is 18.9 Å². The van der Waals surface area contributed by atoms with Gasteiger partial charge in [0.15, 0.2) is 13.1 Å². The number of likely N-dealkylation sites (N-methyl/N-ethyl adjacent to an activating group) is 1. The van der Waals surface area contributed by atoms with Crippen molar-refractivity contribution in [2.24, 2.45) is 0 Å². The number of rotatable bonds is 8. The molecule has 3 N–H and O–H groups in total. The zero-order valence-electron chi connectivity index (χ0n) is 13.8. The van der Waals surface area contributed by atoms with Crippen LogP contribution in [0.15, 0.2) is 35.7 Å². The molecule has 2 rings (SSSR count). The first kappa shape index (κ1) is 19.4. The summed E-state index contributed by atoms with van der Waals surface area (Å²) in [4.78, 5) is 26.0. The molecule has 0 saturated carbocycles. The first-order chi connectivity index (χ1) is 12.0. The second-order valence-electron chi connectivity index (χ2n) is 5.49. The summed E-state index contributed by atoms with van der Waals surface area (Å²) in [7, 11) is 0. The summed E-state index contributed by atoms with van der Waals surface area (Å²) in [5.74, 6) is -0.906. The number of nitrogens with one attached hydrogen (secondary N) is 3. The van der Waals surface area contributed by atoms with Crippen LogP contribution in [-0.2, 0) is 16.1 Å². The van der Waals surface area contributed by atoms with Gasteiger partial charge in [-0.25, -0.2) is 4.39 Å². The van der Waals surface area contributed by atoms with Crippen LogP contribution in [0, 0.1) is 5.82 Å². The summed E-state index contributed by atoms with van der Waals surface area (Å²) >= 11 is 7.27. The lowest BCUT2D eigenvalue weighted by Crippen LogP contribution is -3.13. The van der Waals surface area contributed by atoms with Crippen molar-refractivity contribution >= 4 is 40.4 Å². The van der Waals surface area contributed by atoms with Crippen molar-refractivity contribution in [3.63, 3.8) is 0 Å². The van der Waals surface area contributed by atoms with E-state index in [2.05, 4.69) is 10.6 Å². The van der Waals surface area contributed by atoms with E-state index in [9.17, 15) is 14.0 Å². The molecular formula is C17H20ClFN3O2S+. The van der Waals surface area contributed by atoms with Crippen LogP contribution in [0.5, 0.6) is 0 Å². The van der Waals surface area contributed by atoms with Gasteiger partial charge in [-0.1, -0.05) is 17.7 Å². The third kappa shape index (κ3) is 6.45.